The SMILES string of the molecule is O=C(NCc1ccccc1F)N(Cc1ccccc1C(F)(F)F)C1CC1. The maximum Gasteiger partial charge on any atom is 0.416 e. The van der Waals surface area contributed by atoms with Gasteiger partial charge in [-0.05, 0) is 30.5 Å². The van der Waals surface area contributed by atoms with Crippen molar-refractivity contribution in [2.45, 2.75) is 38.1 Å². The summed E-state index contributed by atoms with van der Waals surface area (Å²) in [7, 11) is 0. The summed E-state index contributed by atoms with van der Waals surface area (Å²) in [6.45, 7) is -0.154. The number of carbonyl (C=O) groups is 1. The minimum Gasteiger partial charge on any atom is -0.334 e. The van der Waals surface area contributed by atoms with Crippen LogP contribution in [0.5, 0.6) is 0 Å². The molecule has 0 bridgehead atoms. The molecule has 0 aliphatic heterocycles. The molecule has 138 valence electrons. The Balaban J connectivity index is 1.72. The highest BCUT2D eigenvalue weighted by Gasteiger charge is 2.37. The second-order valence-electron chi connectivity index (χ2n) is 6.26. The number of amides is 2. The molecule has 2 aromatic rings. The molecule has 0 unspecified atom stereocenters. The van der Waals surface area contributed by atoms with Gasteiger partial charge in [0.15, 0.2) is 0 Å². The Kier molecular flexibility index (Phi) is 5.15. The van der Waals surface area contributed by atoms with Gasteiger partial charge in [0.1, 0.15) is 5.82 Å². The van der Waals surface area contributed by atoms with E-state index in [0.29, 0.717) is 5.56 Å². The van der Waals surface area contributed by atoms with Gasteiger partial charge >= 0.3 is 12.2 Å². The number of urea groups is 1. The van der Waals surface area contributed by atoms with E-state index in [4.69, 9.17) is 0 Å². The van der Waals surface area contributed by atoms with Gasteiger partial charge in [-0.1, -0.05) is 36.4 Å². The number of nitrogens with one attached hydrogen (secondary N) is 1. The highest BCUT2D eigenvalue weighted by molar-refractivity contribution is 5.75. The zero-order chi connectivity index (χ0) is 18.7. The van der Waals surface area contributed by atoms with Crippen molar-refractivity contribution in [1.29, 1.82) is 0 Å². The van der Waals surface area contributed by atoms with E-state index < -0.39 is 23.6 Å². The van der Waals surface area contributed by atoms with Crippen LogP contribution in [0, 0.1) is 5.82 Å². The predicted octanol–water partition coefficient (Wildman–Crippen LogP) is 4.72. The van der Waals surface area contributed by atoms with E-state index in [1.807, 2.05) is 0 Å². The first-order valence-electron chi connectivity index (χ1n) is 8.29. The molecule has 2 amide bonds. The van der Waals surface area contributed by atoms with Crippen LogP contribution in [-0.2, 0) is 19.3 Å². The number of rotatable bonds is 5. The Morgan fingerprint density at radius 2 is 1.65 bits per heavy atom. The first-order chi connectivity index (χ1) is 12.4. The molecule has 1 saturated carbocycles. The van der Waals surface area contributed by atoms with Gasteiger partial charge < -0.3 is 10.2 Å². The third-order valence-electron chi connectivity index (χ3n) is 4.30. The molecule has 0 aromatic heterocycles. The maximum absolute atomic E-state index is 13.7. The van der Waals surface area contributed by atoms with Crippen molar-refractivity contribution in [1.82, 2.24) is 10.2 Å². The lowest BCUT2D eigenvalue weighted by Crippen LogP contribution is -2.41. The molecule has 1 aliphatic carbocycles. The van der Waals surface area contributed by atoms with Crippen LogP contribution in [0.15, 0.2) is 48.5 Å². The molecule has 0 heterocycles. The first-order valence-corrected chi connectivity index (χ1v) is 8.29. The first kappa shape index (κ1) is 18.2. The zero-order valence-electron chi connectivity index (χ0n) is 13.9. The Labute approximate surface area is 148 Å². The smallest absolute Gasteiger partial charge is 0.334 e. The van der Waals surface area contributed by atoms with Crippen LogP contribution in [0.1, 0.15) is 29.5 Å². The minimum absolute atomic E-state index is 0.0182. The number of hydrogen-bond donors (Lipinski definition) is 1. The Morgan fingerprint density at radius 3 is 2.27 bits per heavy atom. The molecule has 26 heavy (non-hydrogen) atoms. The lowest BCUT2D eigenvalue weighted by atomic mass is 10.1. The molecule has 0 atom stereocenters. The molecule has 0 radical (unpaired) electrons. The van der Waals surface area contributed by atoms with E-state index in [2.05, 4.69) is 5.32 Å². The summed E-state index contributed by atoms with van der Waals surface area (Å²) in [4.78, 5) is 13.9. The number of hydrogen-bond acceptors (Lipinski definition) is 1. The van der Waals surface area contributed by atoms with Crippen LogP contribution in [0.2, 0.25) is 0 Å². The van der Waals surface area contributed by atoms with Gasteiger partial charge in [-0.2, -0.15) is 13.2 Å². The summed E-state index contributed by atoms with van der Waals surface area (Å²) < 4.78 is 53.2. The van der Waals surface area contributed by atoms with Crippen LogP contribution in [-0.4, -0.2) is 17.0 Å². The largest absolute Gasteiger partial charge is 0.416 e. The fourth-order valence-electron chi connectivity index (χ4n) is 2.79. The number of halogens is 4. The molecule has 1 N–H and O–H groups in total. The van der Waals surface area contributed by atoms with Crippen LogP contribution < -0.4 is 5.32 Å². The van der Waals surface area contributed by atoms with Crippen LogP contribution in [0.4, 0.5) is 22.4 Å². The monoisotopic (exact) mass is 366 g/mol. The highest BCUT2D eigenvalue weighted by atomic mass is 19.4. The summed E-state index contributed by atoms with van der Waals surface area (Å²) in [5, 5.41) is 2.61. The molecule has 0 spiro atoms. The van der Waals surface area contributed by atoms with Gasteiger partial charge in [0.25, 0.3) is 0 Å². The average molecular weight is 366 g/mol. The lowest BCUT2D eigenvalue weighted by molar-refractivity contribution is -0.138. The van der Waals surface area contributed by atoms with Crippen LogP contribution in [0.25, 0.3) is 0 Å². The molecular weight excluding hydrogens is 348 g/mol. The van der Waals surface area contributed by atoms with Crippen molar-refractivity contribution >= 4 is 6.03 Å². The number of nitrogens with zero attached hydrogens (tertiary/aromatic N) is 1. The summed E-state index contributed by atoms with van der Waals surface area (Å²) >= 11 is 0. The van der Waals surface area contributed by atoms with Crippen molar-refractivity contribution in [3.8, 4) is 0 Å². The van der Waals surface area contributed by atoms with Crippen molar-refractivity contribution in [3.63, 3.8) is 0 Å². The minimum atomic E-state index is -4.48. The Morgan fingerprint density at radius 1 is 1.04 bits per heavy atom. The van der Waals surface area contributed by atoms with Crippen molar-refractivity contribution < 1.29 is 22.4 Å². The molecule has 0 saturated heterocycles. The van der Waals surface area contributed by atoms with E-state index in [1.54, 1.807) is 18.2 Å². The molecule has 2 aromatic carbocycles. The maximum atomic E-state index is 13.7. The van der Waals surface area contributed by atoms with Crippen LogP contribution >= 0.6 is 0 Å². The number of alkyl halides is 3. The highest BCUT2D eigenvalue weighted by Crippen LogP contribution is 2.34. The van der Waals surface area contributed by atoms with Crippen molar-refractivity contribution in [2.75, 3.05) is 0 Å². The molecule has 3 nitrogen and oxygen atoms in total. The van der Waals surface area contributed by atoms with Gasteiger partial charge in [0.05, 0.1) is 5.56 Å². The lowest BCUT2D eigenvalue weighted by Gasteiger charge is -2.25. The van der Waals surface area contributed by atoms with Gasteiger partial charge in [0.2, 0.25) is 0 Å². The van der Waals surface area contributed by atoms with Gasteiger partial charge in [-0.25, -0.2) is 9.18 Å². The normalized spacial score (nSPS) is 14.2. The van der Waals surface area contributed by atoms with Crippen molar-refractivity contribution in [3.05, 3.63) is 71.0 Å². The molecule has 7 heteroatoms. The summed E-state index contributed by atoms with van der Waals surface area (Å²) in [6.07, 6.45) is -2.97. The standard InChI is InChI=1S/C19H18F4N2O/c20-17-8-4-2-5-13(17)11-24-18(26)25(15-9-10-15)12-14-6-1-3-7-16(14)19(21,22)23/h1-8,15H,9-12H2,(H,24,26). The third-order valence-corrected chi connectivity index (χ3v) is 4.30. The Hall–Kier alpha value is -2.57. The van der Waals surface area contributed by atoms with Crippen LogP contribution in [0.3, 0.4) is 0 Å². The predicted molar refractivity (Wildman–Crippen MR) is 88.6 cm³/mol. The summed E-state index contributed by atoms with van der Waals surface area (Å²) in [6, 6.07) is 10.7. The molecular formula is C19H18F4N2O. The fourth-order valence-corrected chi connectivity index (χ4v) is 2.79. The average Bonchev–Trinajstić information content (AvgIpc) is 3.43. The summed E-state index contributed by atoms with van der Waals surface area (Å²) in [5.41, 5.74) is -0.368. The van der Waals surface area contributed by atoms with Crippen molar-refractivity contribution in [2.24, 2.45) is 0 Å². The fraction of sp³-hybridized carbons (Fsp3) is 0.316. The number of benzene rings is 2. The van der Waals surface area contributed by atoms with E-state index in [-0.39, 0.29) is 24.7 Å². The summed E-state index contributed by atoms with van der Waals surface area (Å²) in [5.74, 6) is -0.437. The second kappa shape index (κ2) is 7.35. The van der Waals surface area contributed by atoms with Gasteiger partial charge in [-0.15, -0.1) is 0 Å². The van der Waals surface area contributed by atoms with E-state index in [1.165, 1.54) is 29.2 Å². The zero-order valence-corrected chi connectivity index (χ0v) is 13.9. The van der Waals surface area contributed by atoms with Gasteiger partial charge in [-0.3, -0.25) is 0 Å². The third kappa shape index (κ3) is 4.33. The molecule has 3 rings (SSSR count). The second-order valence-corrected chi connectivity index (χ2v) is 6.26. The number of carbonyl (C=O) groups excluding carboxylic acids is 1. The molecule has 1 aliphatic rings. The quantitative estimate of drug-likeness (QED) is 0.763. The molecule has 1 fully saturated rings. The topological polar surface area (TPSA) is 32.3 Å². The Bertz CT molecular complexity index is 787. The van der Waals surface area contributed by atoms with Gasteiger partial charge in [0, 0.05) is 24.7 Å². The van der Waals surface area contributed by atoms with E-state index in [0.717, 1.165) is 18.9 Å². The van der Waals surface area contributed by atoms with E-state index in [9.17, 15) is 22.4 Å². The van der Waals surface area contributed by atoms with E-state index >= 15 is 0 Å².